The van der Waals surface area contributed by atoms with E-state index in [1.807, 2.05) is 0 Å². The van der Waals surface area contributed by atoms with E-state index in [0.29, 0.717) is 11.4 Å². The third-order valence-electron chi connectivity index (χ3n) is 4.74. The summed E-state index contributed by atoms with van der Waals surface area (Å²) in [6, 6.07) is 14.5. The Bertz CT molecular complexity index is 1210. The average molecular weight is 482 g/mol. The number of carboxylic acid groups (broad SMARTS) is 1. The van der Waals surface area contributed by atoms with Crippen molar-refractivity contribution in [1.82, 2.24) is 15.1 Å². The predicted octanol–water partition coefficient (Wildman–Crippen LogP) is 2.81. The lowest BCUT2D eigenvalue weighted by Crippen LogP contribution is -2.44. The maximum absolute atomic E-state index is 12.7. The summed E-state index contributed by atoms with van der Waals surface area (Å²) in [5, 5.41) is 26.5. The highest BCUT2D eigenvalue weighted by Gasteiger charge is 2.25. The molecule has 0 aliphatic carbocycles. The summed E-state index contributed by atoms with van der Waals surface area (Å²) in [4.78, 5) is 46.4. The van der Waals surface area contributed by atoms with E-state index in [2.05, 4.69) is 10.4 Å². The second-order valence-electron chi connectivity index (χ2n) is 7.42. The average Bonchev–Trinajstić information content (AvgIpc) is 3.21. The number of nitro benzene ring substituents is 1. The highest BCUT2D eigenvalue weighted by atomic mass is 16.6. The van der Waals surface area contributed by atoms with Gasteiger partial charge in [-0.2, -0.15) is 5.10 Å². The SMILES string of the molecule is Cc1cc(OCC(=O)[C@H](CC(=O)O)NC(=O)OCc2ccccc2)n(-c2ccc([N+](=O)[O-])cc2)n1. The van der Waals surface area contributed by atoms with Gasteiger partial charge in [0.25, 0.3) is 5.69 Å². The number of benzene rings is 2. The normalized spacial score (nSPS) is 11.3. The highest BCUT2D eigenvalue weighted by molar-refractivity contribution is 5.91. The Morgan fingerprint density at radius 3 is 2.46 bits per heavy atom. The zero-order chi connectivity index (χ0) is 25.4. The van der Waals surface area contributed by atoms with Crippen molar-refractivity contribution in [3.63, 3.8) is 0 Å². The van der Waals surface area contributed by atoms with Crippen molar-refractivity contribution in [2.24, 2.45) is 0 Å². The Kier molecular flexibility index (Phi) is 8.11. The van der Waals surface area contributed by atoms with E-state index >= 15 is 0 Å². The molecule has 0 saturated heterocycles. The van der Waals surface area contributed by atoms with Crippen molar-refractivity contribution in [3.05, 3.63) is 82.0 Å². The Morgan fingerprint density at radius 2 is 1.83 bits per heavy atom. The Labute approximate surface area is 199 Å². The Hall–Kier alpha value is -4.74. The number of carboxylic acids is 1. The van der Waals surface area contributed by atoms with Crippen LogP contribution in [0.15, 0.2) is 60.7 Å². The molecule has 0 bridgehead atoms. The highest BCUT2D eigenvalue weighted by Crippen LogP contribution is 2.21. The van der Waals surface area contributed by atoms with E-state index in [1.165, 1.54) is 28.9 Å². The van der Waals surface area contributed by atoms with Gasteiger partial charge < -0.3 is 19.9 Å². The first-order valence-corrected chi connectivity index (χ1v) is 10.4. The first-order valence-electron chi connectivity index (χ1n) is 10.4. The number of aliphatic carboxylic acids is 1. The standard InChI is InChI=1S/C23H22N4O8/c1-15-11-21(26(25-15)17-7-9-18(10-8-17)27(32)33)34-14-20(28)19(12-22(29)30)24-23(31)35-13-16-5-3-2-4-6-16/h2-11,19H,12-14H2,1H3,(H,24,31)(H,29,30)/t19-/m0/s1. The fourth-order valence-corrected chi connectivity index (χ4v) is 3.05. The Balaban J connectivity index is 1.64. The minimum Gasteiger partial charge on any atom is -0.481 e. The van der Waals surface area contributed by atoms with Crippen LogP contribution in [0.3, 0.4) is 0 Å². The van der Waals surface area contributed by atoms with Crippen LogP contribution in [0.4, 0.5) is 10.5 Å². The predicted molar refractivity (Wildman–Crippen MR) is 121 cm³/mol. The van der Waals surface area contributed by atoms with Crippen molar-refractivity contribution in [1.29, 1.82) is 0 Å². The molecular weight excluding hydrogens is 460 g/mol. The third-order valence-corrected chi connectivity index (χ3v) is 4.74. The van der Waals surface area contributed by atoms with Crippen molar-refractivity contribution in [2.75, 3.05) is 6.61 Å². The lowest BCUT2D eigenvalue weighted by atomic mass is 10.1. The van der Waals surface area contributed by atoms with Crippen LogP contribution in [0, 0.1) is 17.0 Å². The first-order chi connectivity index (χ1) is 16.7. The number of nitro groups is 1. The van der Waals surface area contributed by atoms with Crippen LogP contribution in [-0.4, -0.2) is 50.3 Å². The molecule has 0 saturated carbocycles. The molecule has 2 aromatic carbocycles. The van der Waals surface area contributed by atoms with Gasteiger partial charge in [-0.25, -0.2) is 9.48 Å². The molecule has 0 aliphatic rings. The van der Waals surface area contributed by atoms with Crippen molar-refractivity contribution in [2.45, 2.75) is 26.0 Å². The number of carbonyl (C=O) groups excluding carboxylic acids is 2. The van der Waals surface area contributed by atoms with Gasteiger partial charge in [0, 0.05) is 18.2 Å². The molecule has 0 radical (unpaired) electrons. The van der Waals surface area contributed by atoms with E-state index in [9.17, 15) is 24.5 Å². The van der Waals surface area contributed by atoms with Gasteiger partial charge in [0.15, 0.2) is 12.4 Å². The van der Waals surface area contributed by atoms with Crippen LogP contribution < -0.4 is 10.1 Å². The van der Waals surface area contributed by atoms with Crippen molar-refractivity contribution < 1.29 is 33.9 Å². The topological polar surface area (TPSA) is 163 Å². The van der Waals surface area contributed by atoms with Gasteiger partial charge in [0.2, 0.25) is 5.88 Å². The lowest BCUT2D eigenvalue weighted by molar-refractivity contribution is -0.384. The number of carbonyl (C=O) groups is 3. The summed E-state index contributed by atoms with van der Waals surface area (Å²) in [7, 11) is 0. The summed E-state index contributed by atoms with van der Waals surface area (Å²) in [5.41, 5.74) is 1.63. The van der Waals surface area contributed by atoms with E-state index in [0.717, 1.165) is 5.56 Å². The van der Waals surface area contributed by atoms with Crippen LogP contribution in [-0.2, 0) is 20.9 Å². The van der Waals surface area contributed by atoms with Gasteiger partial charge >= 0.3 is 12.1 Å². The summed E-state index contributed by atoms with van der Waals surface area (Å²) < 4.78 is 12.0. The van der Waals surface area contributed by atoms with Gasteiger partial charge in [-0.05, 0) is 24.6 Å². The molecule has 2 N–H and O–H groups in total. The molecule has 35 heavy (non-hydrogen) atoms. The molecule has 1 atom stereocenters. The van der Waals surface area contributed by atoms with Crippen LogP contribution in [0.25, 0.3) is 5.69 Å². The maximum atomic E-state index is 12.7. The molecule has 3 aromatic rings. The van der Waals surface area contributed by atoms with E-state index in [-0.39, 0.29) is 18.2 Å². The van der Waals surface area contributed by atoms with Gasteiger partial charge in [-0.15, -0.1) is 0 Å². The zero-order valence-corrected chi connectivity index (χ0v) is 18.6. The summed E-state index contributed by atoms with van der Waals surface area (Å²) >= 11 is 0. The molecule has 1 amide bonds. The summed E-state index contributed by atoms with van der Waals surface area (Å²) in [6.07, 6.45) is -1.61. The number of nitrogens with zero attached hydrogens (tertiary/aromatic N) is 3. The first kappa shape index (κ1) is 24.9. The molecule has 12 heteroatoms. The number of amides is 1. The minimum absolute atomic E-state index is 0.0507. The molecular formula is C23H22N4O8. The van der Waals surface area contributed by atoms with E-state index in [4.69, 9.17) is 14.6 Å². The maximum Gasteiger partial charge on any atom is 0.408 e. The number of aromatic nitrogens is 2. The number of non-ortho nitro benzene ring substituents is 1. The van der Waals surface area contributed by atoms with Crippen LogP contribution in [0.5, 0.6) is 5.88 Å². The van der Waals surface area contributed by atoms with Gasteiger partial charge in [0.1, 0.15) is 12.6 Å². The quantitative estimate of drug-likeness (QED) is 0.309. The fraction of sp³-hybridized carbons (Fsp3) is 0.217. The number of hydrogen-bond acceptors (Lipinski definition) is 8. The second kappa shape index (κ2) is 11.4. The monoisotopic (exact) mass is 482 g/mol. The molecule has 0 unspecified atom stereocenters. The minimum atomic E-state index is -1.38. The van der Waals surface area contributed by atoms with Crippen molar-refractivity contribution in [3.8, 4) is 11.6 Å². The van der Waals surface area contributed by atoms with Crippen LogP contribution in [0.1, 0.15) is 17.7 Å². The smallest absolute Gasteiger partial charge is 0.408 e. The molecule has 1 aromatic heterocycles. The molecule has 182 valence electrons. The fourth-order valence-electron chi connectivity index (χ4n) is 3.05. The number of ketones is 1. The molecule has 1 heterocycles. The van der Waals surface area contributed by atoms with Gasteiger partial charge in [-0.3, -0.25) is 19.7 Å². The van der Waals surface area contributed by atoms with Gasteiger partial charge in [-0.1, -0.05) is 30.3 Å². The number of Topliss-reactive ketones (excluding diaryl/α,β-unsaturated/α-hetero) is 1. The van der Waals surface area contributed by atoms with E-state index in [1.54, 1.807) is 43.3 Å². The number of ether oxygens (including phenoxy) is 2. The third kappa shape index (κ3) is 7.12. The van der Waals surface area contributed by atoms with Crippen molar-refractivity contribution >= 4 is 23.5 Å². The summed E-state index contributed by atoms with van der Waals surface area (Å²) in [6.45, 7) is 1.08. The molecule has 12 nitrogen and oxygen atoms in total. The summed E-state index contributed by atoms with van der Waals surface area (Å²) in [5.74, 6) is -1.83. The number of aryl methyl sites for hydroxylation is 1. The largest absolute Gasteiger partial charge is 0.481 e. The second-order valence-corrected chi connectivity index (χ2v) is 7.42. The molecule has 0 aliphatic heterocycles. The molecule has 3 rings (SSSR count). The van der Waals surface area contributed by atoms with Crippen LogP contribution in [0.2, 0.25) is 0 Å². The molecule has 0 spiro atoms. The number of nitrogens with one attached hydrogen (secondary N) is 1. The Morgan fingerprint density at radius 1 is 1.14 bits per heavy atom. The zero-order valence-electron chi connectivity index (χ0n) is 18.6. The number of rotatable bonds is 11. The number of hydrogen-bond donors (Lipinski definition) is 2. The number of alkyl carbamates (subject to hydrolysis) is 1. The van der Waals surface area contributed by atoms with E-state index < -0.39 is 41.8 Å². The lowest BCUT2D eigenvalue weighted by Gasteiger charge is -2.16. The van der Waals surface area contributed by atoms with Gasteiger partial charge in [0.05, 0.1) is 22.7 Å². The molecule has 0 fully saturated rings. The van der Waals surface area contributed by atoms with Crippen LogP contribution >= 0.6 is 0 Å².